The number of carbonyl (C=O) groups is 1. The van der Waals surface area contributed by atoms with Gasteiger partial charge in [-0.05, 0) is 17.7 Å². The number of carbonyl (C=O) groups excluding carboxylic acids is 1. The summed E-state index contributed by atoms with van der Waals surface area (Å²) in [7, 11) is 0. The fourth-order valence-electron chi connectivity index (χ4n) is 1.13. The van der Waals surface area contributed by atoms with Crippen molar-refractivity contribution in [2.24, 2.45) is 5.73 Å². The Balaban J connectivity index is 2.78. The van der Waals surface area contributed by atoms with Crippen molar-refractivity contribution in [3.05, 3.63) is 42.5 Å². The first-order valence-electron chi connectivity index (χ1n) is 4.39. The maximum absolute atomic E-state index is 10.7. The van der Waals surface area contributed by atoms with Crippen LogP contribution in [0.2, 0.25) is 0 Å². The van der Waals surface area contributed by atoms with Crippen LogP contribution in [0.15, 0.2) is 36.9 Å². The van der Waals surface area contributed by atoms with Gasteiger partial charge in [-0.1, -0.05) is 18.2 Å². The summed E-state index contributed by atoms with van der Waals surface area (Å²) in [5.41, 5.74) is 7.50. The highest BCUT2D eigenvalue weighted by molar-refractivity contribution is 5.88. The van der Waals surface area contributed by atoms with E-state index < -0.39 is 0 Å². The normalized spacial score (nSPS) is 11.9. The van der Waals surface area contributed by atoms with Crippen molar-refractivity contribution in [3.8, 4) is 0 Å². The highest BCUT2D eigenvalue weighted by Gasteiger charge is 2.00. The standard InChI is InChI=1S/C11H14N2O/c1-3-11(12)9-4-6-10(7-5-9)13-8(2)14/h3-7,11H,1,12H2,2H3,(H,13,14). The van der Waals surface area contributed by atoms with E-state index >= 15 is 0 Å². The number of hydrogen-bond acceptors (Lipinski definition) is 2. The Morgan fingerprint density at radius 2 is 2.07 bits per heavy atom. The van der Waals surface area contributed by atoms with Crippen LogP contribution in [-0.2, 0) is 4.79 Å². The molecule has 0 aliphatic carbocycles. The third-order valence-corrected chi connectivity index (χ3v) is 1.87. The summed E-state index contributed by atoms with van der Waals surface area (Å²) >= 11 is 0. The van der Waals surface area contributed by atoms with Gasteiger partial charge in [0.25, 0.3) is 0 Å². The third-order valence-electron chi connectivity index (χ3n) is 1.87. The van der Waals surface area contributed by atoms with Crippen LogP contribution >= 0.6 is 0 Å². The molecule has 0 aliphatic rings. The quantitative estimate of drug-likeness (QED) is 0.714. The molecule has 3 heteroatoms. The highest BCUT2D eigenvalue weighted by Crippen LogP contribution is 2.14. The molecule has 1 aromatic rings. The lowest BCUT2D eigenvalue weighted by molar-refractivity contribution is -0.114. The van der Waals surface area contributed by atoms with E-state index in [1.807, 2.05) is 24.3 Å². The van der Waals surface area contributed by atoms with E-state index in [9.17, 15) is 4.79 Å². The fourth-order valence-corrected chi connectivity index (χ4v) is 1.13. The van der Waals surface area contributed by atoms with Crippen molar-refractivity contribution < 1.29 is 4.79 Å². The maximum Gasteiger partial charge on any atom is 0.221 e. The molecule has 0 saturated carbocycles. The Hall–Kier alpha value is -1.61. The van der Waals surface area contributed by atoms with E-state index in [0.717, 1.165) is 11.3 Å². The van der Waals surface area contributed by atoms with Crippen LogP contribution in [0.5, 0.6) is 0 Å². The van der Waals surface area contributed by atoms with Gasteiger partial charge in [0, 0.05) is 18.7 Å². The highest BCUT2D eigenvalue weighted by atomic mass is 16.1. The summed E-state index contributed by atoms with van der Waals surface area (Å²) < 4.78 is 0. The second kappa shape index (κ2) is 4.58. The van der Waals surface area contributed by atoms with Crippen LogP contribution in [0.4, 0.5) is 5.69 Å². The van der Waals surface area contributed by atoms with Gasteiger partial charge in [-0.15, -0.1) is 6.58 Å². The van der Waals surface area contributed by atoms with Crippen molar-refractivity contribution >= 4 is 11.6 Å². The molecule has 1 unspecified atom stereocenters. The Kier molecular flexibility index (Phi) is 3.42. The van der Waals surface area contributed by atoms with Gasteiger partial charge in [0.15, 0.2) is 0 Å². The Morgan fingerprint density at radius 3 is 2.50 bits per heavy atom. The predicted octanol–water partition coefficient (Wildman–Crippen LogP) is 1.83. The molecule has 1 atom stereocenters. The van der Waals surface area contributed by atoms with Gasteiger partial charge < -0.3 is 11.1 Å². The number of anilines is 1. The summed E-state index contributed by atoms with van der Waals surface area (Å²) in [6.45, 7) is 5.09. The molecule has 3 nitrogen and oxygen atoms in total. The second-order valence-electron chi connectivity index (χ2n) is 3.06. The summed E-state index contributed by atoms with van der Waals surface area (Å²) in [4.78, 5) is 10.7. The monoisotopic (exact) mass is 190 g/mol. The lowest BCUT2D eigenvalue weighted by Crippen LogP contribution is -2.08. The molecule has 1 aromatic carbocycles. The van der Waals surface area contributed by atoms with Crippen LogP contribution in [0.3, 0.4) is 0 Å². The van der Waals surface area contributed by atoms with Crippen LogP contribution in [0, 0.1) is 0 Å². The molecule has 3 N–H and O–H groups in total. The van der Waals surface area contributed by atoms with Crippen molar-refractivity contribution in [1.82, 2.24) is 0 Å². The van der Waals surface area contributed by atoms with E-state index in [4.69, 9.17) is 5.73 Å². The molecule has 0 radical (unpaired) electrons. The van der Waals surface area contributed by atoms with Gasteiger partial charge in [-0.3, -0.25) is 4.79 Å². The molecule has 74 valence electrons. The first kappa shape index (κ1) is 10.5. The number of benzene rings is 1. The minimum Gasteiger partial charge on any atom is -0.326 e. The van der Waals surface area contributed by atoms with E-state index in [0.29, 0.717) is 0 Å². The van der Waals surface area contributed by atoms with Gasteiger partial charge in [0.1, 0.15) is 0 Å². The molecule has 0 heterocycles. The zero-order valence-electron chi connectivity index (χ0n) is 8.16. The van der Waals surface area contributed by atoms with Gasteiger partial charge in [-0.25, -0.2) is 0 Å². The zero-order valence-corrected chi connectivity index (χ0v) is 8.16. The average molecular weight is 190 g/mol. The van der Waals surface area contributed by atoms with Crippen molar-refractivity contribution in [1.29, 1.82) is 0 Å². The number of nitrogens with two attached hydrogens (primary N) is 1. The summed E-state index contributed by atoms with van der Waals surface area (Å²) in [6, 6.07) is 7.23. The molecule has 1 amide bonds. The molecular weight excluding hydrogens is 176 g/mol. The Bertz CT molecular complexity index is 330. The number of hydrogen-bond donors (Lipinski definition) is 2. The minimum atomic E-state index is -0.152. The molecule has 0 aromatic heterocycles. The van der Waals surface area contributed by atoms with Crippen LogP contribution in [0.1, 0.15) is 18.5 Å². The molecule has 0 spiro atoms. The van der Waals surface area contributed by atoms with E-state index in [2.05, 4.69) is 11.9 Å². The van der Waals surface area contributed by atoms with Gasteiger partial charge in [0.2, 0.25) is 5.91 Å². The first-order valence-corrected chi connectivity index (χ1v) is 4.39. The lowest BCUT2D eigenvalue weighted by Gasteiger charge is -2.07. The molecule has 14 heavy (non-hydrogen) atoms. The van der Waals surface area contributed by atoms with Gasteiger partial charge in [-0.2, -0.15) is 0 Å². The van der Waals surface area contributed by atoms with E-state index in [1.165, 1.54) is 6.92 Å². The number of nitrogens with one attached hydrogen (secondary N) is 1. The average Bonchev–Trinajstić information content (AvgIpc) is 2.17. The van der Waals surface area contributed by atoms with Crippen LogP contribution in [0.25, 0.3) is 0 Å². The third kappa shape index (κ3) is 2.71. The molecule has 0 bridgehead atoms. The maximum atomic E-state index is 10.7. The first-order chi connectivity index (χ1) is 6.63. The summed E-state index contributed by atoms with van der Waals surface area (Å²) in [6.07, 6.45) is 1.67. The van der Waals surface area contributed by atoms with Crippen LogP contribution in [-0.4, -0.2) is 5.91 Å². The topological polar surface area (TPSA) is 55.1 Å². The van der Waals surface area contributed by atoms with Gasteiger partial charge >= 0.3 is 0 Å². The van der Waals surface area contributed by atoms with Crippen molar-refractivity contribution in [2.45, 2.75) is 13.0 Å². The lowest BCUT2D eigenvalue weighted by atomic mass is 10.1. The SMILES string of the molecule is C=CC(N)c1ccc(NC(C)=O)cc1. The second-order valence-corrected chi connectivity index (χ2v) is 3.06. The van der Waals surface area contributed by atoms with E-state index in [-0.39, 0.29) is 11.9 Å². The smallest absolute Gasteiger partial charge is 0.221 e. The number of amides is 1. The minimum absolute atomic E-state index is 0.0780. The fraction of sp³-hybridized carbons (Fsp3) is 0.182. The van der Waals surface area contributed by atoms with Crippen molar-refractivity contribution in [2.75, 3.05) is 5.32 Å². The molecule has 0 fully saturated rings. The largest absolute Gasteiger partial charge is 0.326 e. The zero-order chi connectivity index (χ0) is 10.6. The predicted molar refractivity (Wildman–Crippen MR) is 57.9 cm³/mol. The molecule has 0 aliphatic heterocycles. The Labute approximate surface area is 83.6 Å². The Morgan fingerprint density at radius 1 is 1.50 bits per heavy atom. The molecule has 1 rings (SSSR count). The summed E-state index contributed by atoms with van der Waals surface area (Å²) in [5, 5.41) is 2.68. The van der Waals surface area contributed by atoms with Crippen LogP contribution < -0.4 is 11.1 Å². The summed E-state index contributed by atoms with van der Waals surface area (Å²) in [5.74, 6) is -0.0780. The van der Waals surface area contributed by atoms with Crippen molar-refractivity contribution in [3.63, 3.8) is 0 Å². The van der Waals surface area contributed by atoms with Gasteiger partial charge in [0.05, 0.1) is 0 Å². The number of rotatable bonds is 3. The molecule has 0 saturated heterocycles. The molecular formula is C11H14N2O. The van der Waals surface area contributed by atoms with E-state index in [1.54, 1.807) is 6.08 Å².